The van der Waals surface area contributed by atoms with E-state index in [1.165, 1.54) is 23.5 Å². The van der Waals surface area contributed by atoms with E-state index >= 15 is 0 Å². The molecule has 0 spiro atoms. The first-order valence-corrected chi connectivity index (χ1v) is 11.5. The van der Waals surface area contributed by atoms with Crippen LogP contribution in [0, 0.1) is 5.82 Å². The van der Waals surface area contributed by atoms with Crippen LogP contribution in [-0.2, 0) is 23.0 Å². The van der Waals surface area contributed by atoms with E-state index in [-0.39, 0.29) is 23.7 Å². The zero-order valence-electron chi connectivity index (χ0n) is 17.1. The molecule has 0 saturated carbocycles. The average Bonchev–Trinajstić information content (AvgIpc) is 2.78. The van der Waals surface area contributed by atoms with Crippen molar-refractivity contribution < 1.29 is 17.5 Å². The van der Waals surface area contributed by atoms with Gasteiger partial charge in [-0.3, -0.25) is 0 Å². The van der Waals surface area contributed by atoms with Crippen LogP contribution in [0.2, 0.25) is 0 Å². The monoisotopic (exact) mass is 435 g/mol. The van der Waals surface area contributed by atoms with Crippen LogP contribution >= 0.6 is 0 Å². The summed E-state index contributed by atoms with van der Waals surface area (Å²) in [6, 6.07) is 3.51. The molecule has 30 heavy (non-hydrogen) atoms. The van der Waals surface area contributed by atoms with E-state index in [2.05, 4.69) is 10.6 Å². The van der Waals surface area contributed by atoms with Gasteiger partial charge >= 0.3 is 0 Å². The van der Waals surface area contributed by atoms with Crippen LogP contribution in [0.5, 0.6) is 5.75 Å². The van der Waals surface area contributed by atoms with Crippen LogP contribution < -0.4 is 15.4 Å². The van der Waals surface area contributed by atoms with Gasteiger partial charge < -0.3 is 15.4 Å². The largest absolute Gasteiger partial charge is 0.495 e. The van der Waals surface area contributed by atoms with Crippen molar-refractivity contribution in [2.75, 3.05) is 39.1 Å². The predicted molar refractivity (Wildman–Crippen MR) is 111 cm³/mol. The van der Waals surface area contributed by atoms with Gasteiger partial charge in [0.1, 0.15) is 28.1 Å². The first-order valence-electron chi connectivity index (χ1n) is 10.1. The van der Waals surface area contributed by atoms with Gasteiger partial charge in [-0.05, 0) is 44.1 Å². The molecule has 3 heterocycles. The zero-order valence-corrected chi connectivity index (χ0v) is 17.9. The SMILES string of the molecule is CNc1nc(C2CCNCC2)nc2c1CN(S(=O)(=O)c1cc(F)ccc1OC)CC2. The predicted octanol–water partition coefficient (Wildman–Crippen LogP) is 1.88. The Hall–Kier alpha value is -2.30. The molecule has 4 rings (SSSR count). The van der Waals surface area contributed by atoms with Crippen LogP contribution in [-0.4, -0.2) is 56.5 Å². The Morgan fingerprint density at radius 1 is 1.27 bits per heavy atom. The number of halogens is 1. The number of sulfonamides is 1. The molecule has 8 nitrogen and oxygen atoms in total. The van der Waals surface area contributed by atoms with E-state index in [1.54, 1.807) is 7.05 Å². The lowest BCUT2D eigenvalue weighted by atomic mass is 9.96. The third-order valence-corrected chi connectivity index (χ3v) is 7.59. The molecular formula is C20H26FN5O3S. The molecule has 10 heteroatoms. The Morgan fingerprint density at radius 2 is 2.03 bits per heavy atom. The maximum atomic E-state index is 13.8. The summed E-state index contributed by atoms with van der Waals surface area (Å²) < 4.78 is 46.8. The molecule has 1 aromatic heterocycles. The molecule has 2 aliphatic rings. The highest BCUT2D eigenvalue weighted by molar-refractivity contribution is 7.89. The normalized spacial score (nSPS) is 18.1. The maximum absolute atomic E-state index is 13.8. The summed E-state index contributed by atoms with van der Waals surface area (Å²) in [4.78, 5) is 9.33. The van der Waals surface area contributed by atoms with Crippen molar-refractivity contribution in [3.05, 3.63) is 41.1 Å². The standard InChI is InChI=1S/C20H26FN5O3S/c1-22-20-15-12-26(30(27,28)18-11-14(21)3-4-17(18)29-2)10-7-16(15)24-19(25-20)13-5-8-23-9-6-13/h3-4,11,13,23H,5-10,12H2,1-2H3,(H,22,24,25). The van der Waals surface area contributed by atoms with Crippen molar-refractivity contribution in [1.29, 1.82) is 0 Å². The Bertz CT molecular complexity index is 1020. The van der Waals surface area contributed by atoms with E-state index in [1.807, 2.05) is 0 Å². The van der Waals surface area contributed by atoms with Gasteiger partial charge in [0.2, 0.25) is 10.0 Å². The van der Waals surface area contributed by atoms with E-state index in [0.29, 0.717) is 18.2 Å². The van der Waals surface area contributed by atoms with Crippen molar-refractivity contribution in [3.63, 3.8) is 0 Å². The van der Waals surface area contributed by atoms with Gasteiger partial charge in [0.15, 0.2) is 0 Å². The lowest BCUT2D eigenvalue weighted by Gasteiger charge is -2.30. The lowest BCUT2D eigenvalue weighted by molar-refractivity contribution is 0.372. The quantitative estimate of drug-likeness (QED) is 0.740. The molecule has 2 aromatic rings. The fraction of sp³-hybridized carbons (Fsp3) is 0.500. The average molecular weight is 436 g/mol. The summed E-state index contributed by atoms with van der Waals surface area (Å²) in [5, 5.41) is 6.45. The van der Waals surface area contributed by atoms with Gasteiger partial charge in [-0.15, -0.1) is 0 Å². The number of nitrogens with one attached hydrogen (secondary N) is 2. The number of anilines is 1. The highest BCUT2D eigenvalue weighted by Crippen LogP contribution is 2.33. The molecule has 1 saturated heterocycles. The minimum atomic E-state index is -3.95. The molecule has 0 atom stereocenters. The molecule has 0 amide bonds. The number of hydrogen-bond donors (Lipinski definition) is 2. The number of ether oxygens (including phenoxy) is 1. The van der Waals surface area contributed by atoms with Crippen LogP contribution in [0.15, 0.2) is 23.1 Å². The third kappa shape index (κ3) is 3.86. The van der Waals surface area contributed by atoms with Gasteiger partial charge in [-0.25, -0.2) is 22.8 Å². The summed E-state index contributed by atoms with van der Waals surface area (Å²) in [7, 11) is -0.805. The first-order chi connectivity index (χ1) is 14.4. The second kappa shape index (κ2) is 8.44. The number of nitrogens with zero attached hydrogens (tertiary/aromatic N) is 3. The van der Waals surface area contributed by atoms with E-state index < -0.39 is 15.8 Å². The third-order valence-electron chi connectivity index (χ3n) is 5.73. The molecular weight excluding hydrogens is 409 g/mol. The van der Waals surface area contributed by atoms with Gasteiger partial charge in [-0.2, -0.15) is 4.31 Å². The number of hydrogen-bond acceptors (Lipinski definition) is 7. The fourth-order valence-electron chi connectivity index (χ4n) is 4.07. The topological polar surface area (TPSA) is 96.5 Å². The first kappa shape index (κ1) is 21.0. The van der Waals surface area contributed by atoms with Crippen LogP contribution in [0.1, 0.15) is 35.8 Å². The Labute approximate surface area is 175 Å². The molecule has 0 bridgehead atoms. The zero-order chi connectivity index (χ0) is 21.3. The molecule has 162 valence electrons. The minimum absolute atomic E-state index is 0.119. The number of methoxy groups -OCH3 is 1. The number of piperidine rings is 1. The van der Waals surface area contributed by atoms with Crippen molar-refractivity contribution in [3.8, 4) is 5.75 Å². The number of aromatic nitrogens is 2. The van der Waals surface area contributed by atoms with Crippen molar-refractivity contribution >= 4 is 15.8 Å². The van der Waals surface area contributed by atoms with Gasteiger partial charge in [-0.1, -0.05) is 0 Å². The van der Waals surface area contributed by atoms with Crippen LogP contribution in [0.25, 0.3) is 0 Å². The molecule has 0 radical (unpaired) electrons. The Balaban J connectivity index is 1.67. The van der Waals surface area contributed by atoms with Gasteiger partial charge in [0.25, 0.3) is 0 Å². The molecule has 0 aliphatic carbocycles. The second-order valence-corrected chi connectivity index (χ2v) is 9.42. The highest BCUT2D eigenvalue weighted by atomic mass is 32.2. The summed E-state index contributed by atoms with van der Waals surface area (Å²) in [5.74, 6) is 1.27. The lowest BCUT2D eigenvalue weighted by Crippen LogP contribution is -2.37. The molecule has 0 unspecified atom stereocenters. The van der Waals surface area contributed by atoms with E-state index in [4.69, 9.17) is 14.7 Å². The Morgan fingerprint density at radius 3 is 2.73 bits per heavy atom. The number of benzene rings is 1. The summed E-state index contributed by atoms with van der Waals surface area (Å²) in [6.07, 6.45) is 2.45. The van der Waals surface area contributed by atoms with Gasteiger partial charge in [0.05, 0.1) is 12.8 Å². The fourth-order valence-corrected chi connectivity index (χ4v) is 5.65. The van der Waals surface area contributed by atoms with E-state index in [9.17, 15) is 12.8 Å². The summed E-state index contributed by atoms with van der Waals surface area (Å²) >= 11 is 0. The van der Waals surface area contributed by atoms with Crippen molar-refractivity contribution in [2.45, 2.75) is 36.6 Å². The summed E-state index contributed by atoms with van der Waals surface area (Å²) in [5.41, 5.74) is 1.64. The second-order valence-electron chi connectivity index (χ2n) is 7.51. The van der Waals surface area contributed by atoms with Crippen molar-refractivity contribution in [1.82, 2.24) is 19.6 Å². The smallest absolute Gasteiger partial charge is 0.247 e. The van der Waals surface area contributed by atoms with Crippen LogP contribution in [0.3, 0.4) is 0 Å². The van der Waals surface area contributed by atoms with E-state index in [0.717, 1.165) is 49.1 Å². The van der Waals surface area contributed by atoms with Crippen LogP contribution in [0.4, 0.5) is 10.2 Å². The summed E-state index contributed by atoms with van der Waals surface area (Å²) in [6.45, 7) is 2.28. The molecule has 1 fully saturated rings. The Kier molecular flexibility index (Phi) is 5.90. The highest BCUT2D eigenvalue weighted by Gasteiger charge is 2.34. The number of fused-ring (bicyclic) bond motifs is 1. The molecule has 1 aromatic carbocycles. The number of rotatable bonds is 5. The van der Waals surface area contributed by atoms with Crippen molar-refractivity contribution in [2.24, 2.45) is 0 Å². The maximum Gasteiger partial charge on any atom is 0.247 e. The molecule has 2 N–H and O–H groups in total. The minimum Gasteiger partial charge on any atom is -0.495 e. The molecule has 2 aliphatic heterocycles. The van der Waals surface area contributed by atoms with Gasteiger partial charge in [0, 0.05) is 38.0 Å².